The van der Waals surface area contributed by atoms with Crippen molar-refractivity contribution >= 4 is 57.3 Å². The minimum Gasteiger partial charge on any atom is -0.370 e. The van der Waals surface area contributed by atoms with Crippen LogP contribution >= 0.6 is 22.6 Å². The first-order chi connectivity index (χ1) is 16.6. The van der Waals surface area contributed by atoms with Crippen molar-refractivity contribution in [2.75, 3.05) is 23.3 Å². The molecule has 7 nitrogen and oxygen atoms in total. The molecule has 8 heteroatoms. The Morgan fingerprint density at radius 3 is 2.65 bits per heavy atom. The molecule has 1 N–H and O–H groups in total. The van der Waals surface area contributed by atoms with Gasteiger partial charge >= 0.3 is 0 Å². The Morgan fingerprint density at radius 2 is 1.91 bits per heavy atom. The molecule has 3 aliphatic rings. The SMILES string of the molecule is CC(I)C1CCN(c2ccc(Nc3ncc4cc5n(c4n3)C3(C=NC5)CCCCC3)nc2)CC1. The molecule has 3 aromatic rings. The Balaban J connectivity index is 1.22. The Bertz CT molecular complexity index is 1190. The lowest BCUT2D eigenvalue weighted by molar-refractivity contribution is 0.282. The second kappa shape index (κ2) is 9.09. The molecule has 0 aromatic carbocycles. The molecular formula is C26H32IN7. The maximum absolute atomic E-state index is 4.96. The van der Waals surface area contributed by atoms with Gasteiger partial charge in [0.25, 0.3) is 0 Å². The number of rotatable bonds is 4. The van der Waals surface area contributed by atoms with Gasteiger partial charge < -0.3 is 14.8 Å². The number of piperidine rings is 1. The van der Waals surface area contributed by atoms with E-state index in [0.717, 1.165) is 59.2 Å². The third kappa shape index (κ3) is 4.07. The third-order valence-corrected chi connectivity index (χ3v) is 8.93. The number of fused-ring (bicyclic) bond motifs is 4. The number of alkyl halides is 1. The maximum Gasteiger partial charge on any atom is 0.230 e. The zero-order valence-electron chi connectivity index (χ0n) is 19.8. The van der Waals surface area contributed by atoms with Crippen LogP contribution in [-0.2, 0) is 12.1 Å². The maximum atomic E-state index is 4.96. The minimum atomic E-state index is -0.0261. The van der Waals surface area contributed by atoms with Gasteiger partial charge in [0.15, 0.2) is 0 Å². The summed E-state index contributed by atoms with van der Waals surface area (Å²) in [4.78, 5) is 21.4. The van der Waals surface area contributed by atoms with E-state index >= 15 is 0 Å². The molecule has 0 radical (unpaired) electrons. The lowest BCUT2D eigenvalue weighted by atomic mass is 9.81. The summed E-state index contributed by atoms with van der Waals surface area (Å²) < 4.78 is 3.19. The normalized spacial score (nSPS) is 21.1. The van der Waals surface area contributed by atoms with Crippen LogP contribution in [0.15, 0.2) is 35.6 Å². The summed E-state index contributed by atoms with van der Waals surface area (Å²) in [5.41, 5.74) is 3.42. The zero-order chi connectivity index (χ0) is 23.1. The van der Waals surface area contributed by atoms with E-state index in [9.17, 15) is 0 Å². The second-order valence-corrected chi connectivity index (χ2v) is 12.1. The van der Waals surface area contributed by atoms with Crippen molar-refractivity contribution in [3.63, 3.8) is 0 Å². The number of pyridine rings is 1. The Kier molecular flexibility index (Phi) is 5.95. The number of anilines is 3. The first-order valence-corrected chi connectivity index (χ1v) is 13.9. The number of aromatic nitrogens is 4. The summed E-state index contributed by atoms with van der Waals surface area (Å²) in [5, 5.41) is 4.42. The van der Waals surface area contributed by atoms with Gasteiger partial charge in [-0.05, 0) is 49.8 Å². The van der Waals surface area contributed by atoms with Crippen LogP contribution in [0.4, 0.5) is 17.5 Å². The van der Waals surface area contributed by atoms with Crippen LogP contribution in [0.2, 0.25) is 0 Å². The van der Waals surface area contributed by atoms with Gasteiger partial charge in [-0.3, -0.25) is 4.99 Å². The highest BCUT2D eigenvalue weighted by Crippen LogP contribution is 2.40. The van der Waals surface area contributed by atoms with Crippen LogP contribution in [0.5, 0.6) is 0 Å². The van der Waals surface area contributed by atoms with Crippen LogP contribution in [0.1, 0.15) is 57.6 Å². The molecule has 2 aliphatic heterocycles. The largest absolute Gasteiger partial charge is 0.370 e. The summed E-state index contributed by atoms with van der Waals surface area (Å²) in [6.07, 6.45) is 14.7. The van der Waals surface area contributed by atoms with Crippen molar-refractivity contribution in [2.24, 2.45) is 10.9 Å². The van der Waals surface area contributed by atoms with E-state index in [1.807, 2.05) is 18.5 Å². The van der Waals surface area contributed by atoms with Gasteiger partial charge in [0.1, 0.15) is 11.5 Å². The Morgan fingerprint density at radius 1 is 1.09 bits per heavy atom. The Labute approximate surface area is 214 Å². The summed E-state index contributed by atoms with van der Waals surface area (Å²) in [6.45, 7) is 5.26. The molecule has 34 heavy (non-hydrogen) atoms. The molecule has 178 valence electrons. The fourth-order valence-corrected chi connectivity index (χ4v) is 6.70. The molecule has 3 aromatic heterocycles. The van der Waals surface area contributed by atoms with E-state index in [1.165, 1.54) is 43.5 Å². The van der Waals surface area contributed by atoms with Crippen LogP contribution in [0.3, 0.4) is 0 Å². The smallest absolute Gasteiger partial charge is 0.230 e. The number of nitrogens with zero attached hydrogens (tertiary/aromatic N) is 6. The molecular weight excluding hydrogens is 537 g/mol. The highest BCUT2D eigenvalue weighted by atomic mass is 127. The number of aliphatic imine (C=N–C) groups is 1. The molecule has 5 heterocycles. The minimum absolute atomic E-state index is 0.0261. The molecule has 2 fully saturated rings. The number of hydrogen-bond donors (Lipinski definition) is 1. The van der Waals surface area contributed by atoms with Crippen LogP contribution in [-0.4, -0.2) is 42.7 Å². The van der Waals surface area contributed by atoms with E-state index in [-0.39, 0.29) is 5.54 Å². The average molecular weight is 569 g/mol. The van der Waals surface area contributed by atoms with Crippen molar-refractivity contribution in [1.29, 1.82) is 0 Å². The van der Waals surface area contributed by atoms with Gasteiger partial charge in [0.05, 0.1) is 24.0 Å². The summed E-state index contributed by atoms with van der Waals surface area (Å²) in [5.74, 6) is 2.20. The Hall–Kier alpha value is -2.23. The van der Waals surface area contributed by atoms with Crippen LogP contribution in [0, 0.1) is 5.92 Å². The van der Waals surface area contributed by atoms with Crippen molar-refractivity contribution in [3.05, 3.63) is 36.3 Å². The van der Waals surface area contributed by atoms with Gasteiger partial charge in [-0.2, -0.15) is 4.98 Å². The second-order valence-electron chi connectivity index (χ2n) is 10.1. The number of hydrogen-bond acceptors (Lipinski definition) is 6. The van der Waals surface area contributed by atoms with Crippen LogP contribution < -0.4 is 10.2 Å². The van der Waals surface area contributed by atoms with Gasteiger partial charge in [-0.15, -0.1) is 0 Å². The van der Waals surface area contributed by atoms with Gasteiger partial charge in [-0.25, -0.2) is 9.97 Å². The molecule has 1 spiro atoms. The predicted molar refractivity (Wildman–Crippen MR) is 147 cm³/mol. The summed E-state index contributed by atoms with van der Waals surface area (Å²) >= 11 is 2.57. The van der Waals surface area contributed by atoms with E-state index in [2.05, 4.69) is 72.6 Å². The van der Waals surface area contributed by atoms with Gasteiger partial charge in [0.2, 0.25) is 5.95 Å². The molecule has 1 unspecified atom stereocenters. The van der Waals surface area contributed by atoms with Crippen molar-refractivity contribution < 1.29 is 0 Å². The topological polar surface area (TPSA) is 71.2 Å². The first-order valence-electron chi connectivity index (χ1n) is 12.6. The summed E-state index contributed by atoms with van der Waals surface area (Å²) in [6, 6.07) is 6.41. The average Bonchev–Trinajstić information content (AvgIpc) is 3.25. The first kappa shape index (κ1) is 22.2. The van der Waals surface area contributed by atoms with Crippen LogP contribution in [0.25, 0.3) is 11.0 Å². The molecule has 1 aliphatic carbocycles. The van der Waals surface area contributed by atoms with Crippen molar-refractivity contribution in [2.45, 2.75) is 67.9 Å². The van der Waals surface area contributed by atoms with E-state index in [0.29, 0.717) is 5.95 Å². The molecule has 0 amide bonds. The fraction of sp³-hybridized carbons (Fsp3) is 0.538. The van der Waals surface area contributed by atoms with Crippen molar-refractivity contribution in [3.8, 4) is 0 Å². The number of halogens is 1. The highest BCUT2D eigenvalue weighted by molar-refractivity contribution is 14.1. The highest BCUT2D eigenvalue weighted by Gasteiger charge is 2.37. The van der Waals surface area contributed by atoms with E-state index in [1.54, 1.807) is 0 Å². The summed E-state index contributed by atoms with van der Waals surface area (Å²) in [7, 11) is 0. The molecule has 1 saturated heterocycles. The standard InChI is InChI=1S/C26H32IN7/c1-18(27)19-7-11-33(12-8-19)21-5-6-23(29-16-21)31-25-30-14-20-13-22-15-28-17-26(9-3-2-4-10-26)34(22)24(20)32-25/h5-6,13-14,16-19H,2-4,7-12,15H2,1H3,(H,29,30,31,32). The van der Waals surface area contributed by atoms with Gasteiger partial charge in [0, 0.05) is 40.5 Å². The molecule has 1 saturated carbocycles. The lowest BCUT2D eigenvalue weighted by Gasteiger charge is -2.39. The number of nitrogens with one attached hydrogen (secondary N) is 1. The van der Waals surface area contributed by atoms with E-state index < -0.39 is 0 Å². The van der Waals surface area contributed by atoms with Gasteiger partial charge in [-0.1, -0.05) is 48.8 Å². The zero-order valence-corrected chi connectivity index (χ0v) is 21.9. The van der Waals surface area contributed by atoms with Crippen molar-refractivity contribution in [1.82, 2.24) is 19.5 Å². The van der Waals surface area contributed by atoms with E-state index in [4.69, 9.17) is 9.98 Å². The predicted octanol–water partition coefficient (Wildman–Crippen LogP) is 5.85. The molecule has 6 rings (SSSR count). The molecule has 0 bridgehead atoms. The molecule has 1 atom stereocenters. The lowest BCUT2D eigenvalue weighted by Crippen LogP contribution is -2.40. The quantitative estimate of drug-likeness (QED) is 0.315. The fourth-order valence-electron chi connectivity index (χ4n) is 5.98. The third-order valence-electron chi connectivity index (χ3n) is 7.91. The monoisotopic (exact) mass is 569 g/mol.